The molecule has 154 valence electrons. The van der Waals surface area contributed by atoms with E-state index in [1.807, 2.05) is 37.1 Å². The smallest absolute Gasteiger partial charge is 0.276 e. The van der Waals surface area contributed by atoms with Crippen molar-refractivity contribution in [3.8, 4) is 11.6 Å². The SMILES string of the molecule is CCNC(=NCCc1noc(-c2ccccn2)n1)N(C)Cc1ccc(F)cc1.I. The lowest BCUT2D eigenvalue weighted by Crippen LogP contribution is -2.38. The van der Waals surface area contributed by atoms with Crippen molar-refractivity contribution in [2.45, 2.75) is 19.9 Å². The molecule has 0 aliphatic carbocycles. The summed E-state index contributed by atoms with van der Waals surface area (Å²) in [4.78, 5) is 15.2. The van der Waals surface area contributed by atoms with Gasteiger partial charge >= 0.3 is 0 Å². The van der Waals surface area contributed by atoms with Gasteiger partial charge in [0.05, 0.1) is 0 Å². The predicted molar refractivity (Wildman–Crippen MR) is 120 cm³/mol. The van der Waals surface area contributed by atoms with Crippen LogP contribution in [0.1, 0.15) is 18.3 Å². The third-order valence-corrected chi connectivity index (χ3v) is 3.98. The number of aromatic nitrogens is 3. The fraction of sp³-hybridized carbons (Fsp3) is 0.300. The van der Waals surface area contributed by atoms with Gasteiger partial charge in [-0.2, -0.15) is 4.98 Å². The lowest BCUT2D eigenvalue weighted by atomic mass is 10.2. The summed E-state index contributed by atoms with van der Waals surface area (Å²) < 4.78 is 18.3. The van der Waals surface area contributed by atoms with Crippen molar-refractivity contribution >= 4 is 29.9 Å². The van der Waals surface area contributed by atoms with Crippen molar-refractivity contribution < 1.29 is 8.91 Å². The number of pyridine rings is 1. The molecule has 0 saturated heterocycles. The molecule has 0 bridgehead atoms. The number of hydrogen-bond acceptors (Lipinski definition) is 5. The molecule has 0 aliphatic heterocycles. The molecule has 0 spiro atoms. The standard InChI is InChI=1S/C20H23FN6O.HI/c1-3-22-20(27(2)14-15-7-9-16(21)10-8-15)24-13-11-18-25-19(28-26-18)17-6-4-5-12-23-17;/h4-10,12H,3,11,13-14H2,1-2H3,(H,22,24);1H. The monoisotopic (exact) mass is 510 g/mol. The highest BCUT2D eigenvalue weighted by Crippen LogP contribution is 2.13. The molecular formula is C20H24FIN6O. The van der Waals surface area contributed by atoms with Gasteiger partial charge < -0.3 is 14.7 Å². The van der Waals surface area contributed by atoms with Crippen LogP contribution in [0.2, 0.25) is 0 Å². The maximum Gasteiger partial charge on any atom is 0.276 e. The minimum absolute atomic E-state index is 0. The molecule has 0 amide bonds. The van der Waals surface area contributed by atoms with Crippen molar-refractivity contribution in [1.82, 2.24) is 25.3 Å². The summed E-state index contributed by atoms with van der Waals surface area (Å²) in [6.45, 7) is 3.90. The van der Waals surface area contributed by atoms with E-state index in [9.17, 15) is 4.39 Å². The van der Waals surface area contributed by atoms with Crippen LogP contribution in [-0.4, -0.2) is 46.1 Å². The number of nitrogens with zero attached hydrogens (tertiary/aromatic N) is 5. The summed E-state index contributed by atoms with van der Waals surface area (Å²) in [5.41, 5.74) is 1.66. The number of rotatable bonds is 7. The van der Waals surface area contributed by atoms with E-state index in [4.69, 9.17) is 4.52 Å². The van der Waals surface area contributed by atoms with Crippen LogP contribution in [0.5, 0.6) is 0 Å². The summed E-state index contributed by atoms with van der Waals surface area (Å²) in [7, 11) is 1.94. The number of aliphatic imine (C=N–C) groups is 1. The van der Waals surface area contributed by atoms with Crippen LogP contribution in [0.25, 0.3) is 11.6 Å². The summed E-state index contributed by atoms with van der Waals surface area (Å²) in [6, 6.07) is 12.0. The molecule has 29 heavy (non-hydrogen) atoms. The largest absolute Gasteiger partial charge is 0.357 e. The second-order valence-corrected chi connectivity index (χ2v) is 6.20. The summed E-state index contributed by atoms with van der Waals surface area (Å²) in [6.07, 6.45) is 2.23. The normalized spacial score (nSPS) is 11.1. The van der Waals surface area contributed by atoms with Gasteiger partial charge in [0, 0.05) is 39.3 Å². The van der Waals surface area contributed by atoms with Crippen LogP contribution >= 0.6 is 24.0 Å². The van der Waals surface area contributed by atoms with Gasteiger partial charge in [-0.15, -0.1) is 24.0 Å². The van der Waals surface area contributed by atoms with Crippen molar-refractivity contribution in [2.24, 2.45) is 4.99 Å². The molecule has 9 heteroatoms. The highest BCUT2D eigenvalue weighted by Gasteiger charge is 2.10. The van der Waals surface area contributed by atoms with E-state index in [1.165, 1.54) is 12.1 Å². The highest BCUT2D eigenvalue weighted by atomic mass is 127. The first kappa shape index (κ1) is 22.7. The van der Waals surface area contributed by atoms with Crippen LogP contribution in [0.3, 0.4) is 0 Å². The quantitative estimate of drug-likeness (QED) is 0.298. The molecule has 0 unspecified atom stereocenters. The Labute approximate surface area is 186 Å². The van der Waals surface area contributed by atoms with Crippen molar-refractivity contribution in [3.63, 3.8) is 0 Å². The first-order chi connectivity index (χ1) is 13.7. The van der Waals surface area contributed by atoms with Crippen LogP contribution in [-0.2, 0) is 13.0 Å². The Morgan fingerprint density at radius 3 is 2.69 bits per heavy atom. The Hall–Kier alpha value is -2.56. The molecule has 0 fully saturated rings. The molecule has 1 N–H and O–H groups in total. The van der Waals surface area contributed by atoms with Gasteiger partial charge in [0.15, 0.2) is 11.8 Å². The van der Waals surface area contributed by atoms with E-state index in [0.717, 1.165) is 18.1 Å². The first-order valence-corrected chi connectivity index (χ1v) is 9.13. The third kappa shape index (κ3) is 6.77. The second-order valence-electron chi connectivity index (χ2n) is 6.20. The van der Waals surface area contributed by atoms with E-state index in [-0.39, 0.29) is 29.8 Å². The Kier molecular flexibility index (Phi) is 8.97. The minimum Gasteiger partial charge on any atom is -0.357 e. The molecule has 7 nitrogen and oxygen atoms in total. The van der Waals surface area contributed by atoms with Crippen LogP contribution in [0, 0.1) is 5.82 Å². The minimum atomic E-state index is -0.239. The lowest BCUT2D eigenvalue weighted by molar-refractivity contribution is 0.421. The Balaban J connectivity index is 0.00000300. The van der Waals surface area contributed by atoms with Crippen molar-refractivity contribution in [3.05, 3.63) is 65.9 Å². The highest BCUT2D eigenvalue weighted by molar-refractivity contribution is 14.0. The molecule has 2 aromatic heterocycles. The van der Waals surface area contributed by atoms with E-state index in [2.05, 4.69) is 25.4 Å². The number of benzene rings is 1. The maximum atomic E-state index is 13.1. The van der Waals surface area contributed by atoms with Crippen molar-refractivity contribution in [1.29, 1.82) is 0 Å². The van der Waals surface area contributed by atoms with Gasteiger partial charge in [-0.05, 0) is 36.8 Å². The van der Waals surface area contributed by atoms with E-state index in [0.29, 0.717) is 36.9 Å². The van der Waals surface area contributed by atoms with Gasteiger partial charge in [0.25, 0.3) is 5.89 Å². The Morgan fingerprint density at radius 2 is 2.00 bits per heavy atom. The van der Waals surface area contributed by atoms with Gasteiger partial charge in [0.1, 0.15) is 11.5 Å². The summed E-state index contributed by atoms with van der Waals surface area (Å²) in [5, 5.41) is 7.25. The fourth-order valence-electron chi connectivity index (χ4n) is 2.62. The zero-order valence-electron chi connectivity index (χ0n) is 16.4. The maximum absolute atomic E-state index is 13.1. The Morgan fingerprint density at radius 1 is 1.21 bits per heavy atom. The predicted octanol–water partition coefficient (Wildman–Crippen LogP) is 3.53. The topological polar surface area (TPSA) is 79.4 Å². The van der Waals surface area contributed by atoms with E-state index < -0.39 is 0 Å². The molecule has 2 heterocycles. The van der Waals surface area contributed by atoms with Gasteiger partial charge in [-0.1, -0.05) is 23.4 Å². The summed E-state index contributed by atoms with van der Waals surface area (Å²) >= 11 is 0. The number of guanidine groups is 1. The van der Waals surface area contributed by atoms with Crippen LogP contribution in [0.4, 0.5) is 4.39 Å². The van der Waals surface area contributed by atoms with Crippen molar-refractivity contribution in [2.75, 3.05) is 20.1 Å². The number of nitrogens with one attached hydrogen (secondary N) is 1. The average Bonchev–Trinajstić information content (AvgIpc) is 3.19. The average molecular weight is 510 g/mol. The summed E-state index contributed by atoms with van der Waals surface area (Å²) in [5.74, 6) is 1.51. The zero-order chi connectivity index (χ0) is 19.8. The number of halogens is 2. The molecule has 0 radical (unpaired) electrons. The zero-order valence-corrected chi connectivity index (χ0v) is 18.7. The molecule has 3 aromatic rings. The second kappa shape index (κ2) is 11.4. The van der Waals surface area contributed by atoms with Crippen LogP contribution < -0.4 is 5.32 Å². The van der Waals surface area contributed by atoms with E-state index >= 15 is 0 Å². The molecule has 1 aromatic carbocycles. The van der Waals surface area contributed by atoms with Crippen LogP contribution in [0.15, 0.2) is 58.2 Å². The molecular weight excluding hydrogens is 486 g/mol. The lowest BCUT2D eigenvalue weighted by Gasteiger charge is -2.22. The third-order valence-electron chi connectivity index (χ3n) is 3.98. The molecule has 0 aliphatic rings. The first-order valence-electron chi connectivity index (χ1n) is 9.13. The molecule has 3 rings (SSSR count). The van der Waals surface area contributed by atoms with Gasteiger partial charge in [-0.3, -0.25) is 9.98 Å². The van der Waals surface area contributed by atoms with E-state index in [1.54, 1.807) is 18.3 Å². The molecule has 0 saturated carbocycles. The Bertz CT molecular complexity index is 901. The van der Waals surface area contributed by atoms with Gasteiger partial charge in [-0.25, -0.2) is 4.39 Å². The molecule has 0 atom stereocenters. The van der Waals surface area contributed by atoms with Gasteiger partial charge in [0.2, 0.25) is 0 Å². The fourth-order valence-corrected chi connectivity index (χ4v) is 2.62. The number of hydrogen-bond donors (Lipinski definition) is 1.